The quantitative estimate of drug-likeness (QED) is 0.776. The second-order valence-corrected chi connectivity index (χ2v) is 6.67. The van der Waals surface area contributed by atoms with E-state index in [4.69, 9.17) is 0 Å². The van der Waals surface area contributed by atoms with Gasteiger partial charge in [0, 0.05) is 5.41 Å². The van der Waals surface area contributed by atoms with Gasteiger partial charge in [-0.15, -0.1) is 0 Å². The maximum atomic E-state index is 12.7. The van der Waals surface area contributed by atoms with Crippen LogP contribution in [0.15, 0.2) is 29.8 Å². The molecule has 2 aliphatic carbocycles. The Morgan fingerprint density at radius 1 is 1.32 bits per heavy atom. The highest BCUT2D eigenvalue weighted by atomic mass is 16.3. The lowest BCUT2D eigenvalue weighted by molar-refractivity contribution is -0.125. The minimum absolute atomic E-state index is 0.0484. The van der Waals surface area contributed by atoms with Crippen molar-refractivity contribution in [3.63, 3.8) is 0 Å². The molecule has 2 heteroatoms. The van der Waals surface area contributed by atoms with Gasteiger partial charge in [-0.2, -0.15) is 0 Å². The van der Waals surface area contributed by atoms with Gasteiger partial charge in [0.25, 0.3) is 0 Å². The Morgan fingerprint density at radius 3 is 2.63 bits per heavy atom. The number of phenols is 1. The molecule has 2 bridgehead atoms. The highest BCUT2D eigenvalue weighted by Crippen LogP contribution is 2.65. The fourth-order valence-corrected chi connectivity index (χ4v) is 3.89. The molecule has 1 aromatic carbocycles. The SMILES string of the molecule is CC12CCC(C(=Cc3cccc(O)c3)C1=O)C2(C)C. The average molecular weight is 256 g/mol. The van der Waals surface area contributed by atoms with Crippen LogP contribution in [0, 0.1) is 16.7 Å². The summed E-state index contributed by atoms with van der Waals surface area (Å²) in [4.78, 5) is 12.7. The molecular weight excluding hydrogens is 236 g/mol. The molecular formula is C17H20O2. The predicted molar refractivity (Wildman–Crippen MR) is 75.7 cm³/mol. The first-order valence-corrected chi connectivity index (χ1v) is 6.92. The number of hydrogen-bond acceptors (Lipinski definition) is 2. The summed E-state index contributed by atoms with van der Waals surface area (Å²) in [5, 5.41) is 9.52. The van der Waals surface area contributed by atoms with Gasteiger partial charge in [-0.25, -0.2) is 0 Å². The van der Waals surface area contributed by atoms with Gasteiger partial charge in [0.05, 0.1) is 0 Å². The molecule has 2 atom stereocenters. The van der Waals surface area contributed by atoms with E-state index in [0.29, 0.717) is 11.7 Å². The highest BCUT2D eigenvalue weighted by molar-refractivity contribution is 6.07. The highest BCUT2D eigenvalue weighted by Gasteiger charge is 2.63. The van der Waals surface area contributed by atoms with Gasteiger partial charge in [0.15, 0.2) is 5.78 Å². The number of hydrogen-bond donors (Lipinski definition) is 1. The number of carbonyl (C=O) groups excluding carboxylic acids is 1. The molecule has 2 unspecified atom stereocenters. The van der Waals surface area contributed by atoms with Gasteiger partial charge < -0.3 is 5.11 Å². The molecule has 19 heavy (non-hydrogen) atoms. The number of rotatable bonds is 1. The summed E-state index contributed by atoms with van der Waals surface area (Å²) in [5.74, 6) is 0.903. The number of ketones is 1. The molecule has 1 aromatic rings. The second kappa shape index (κ2) is 3.72. The number of fused-ring (bicyclic) bond motifs is 2. The molecule has 0 aromatic heterocycles. The largest absolute Gasteiger partial charge is 0.508 e. The van der Waals surface area contributed by atoms with Gasteiger partial charge in [-0.1, -0.05) is 32.9 Å². The monoisotopic (exact) mass is 256 g/mol. The number of benzene rings is 1. The molecule has 0 radical (unpaired) electrons. The Morgan fingerprint density at radius 2 is 2.05 bits per heavy atom. The molecule has 2 nitrogen and oxygen atoms in total. The van der Waals surface area contributed by atoms with Crippen molar-refractivity contribution < 1.29 is 9.90 Å². The lowest BCUT2D eigenvalue weighted by Crippen LogP contribution is -2.32. The molecule has 0 amide bonds. The average Bonchev–Trinajstić information content (AvgIpc) is 2.64. The summed E-state index contributed by atoms with van der Waals surface area (Å²) in [5.41, 5.74) is 1.70. The molecule has 0 saturated heterocycles. The molecule has 100 valence electrons. The van der Waals surface area contributed by atoms with Crippen molar-refractivity contribution >= 4 is 11.9 Å². The lowest BCUT2D eigenvalue weighted by Gasteiger charge is -2.31. The second-order valence-electron chi connectivity index (χ2n) is 6.67. The first kappa shape index (κ1) is 12.5. The first-order valence-electron chi connectivity index (χ1n) is 6.92. The number of aromatic hydroxyl groups is 1. The topological polar surface area (TPSA) is 37.3 Å². The van der Waals surface area contributed by atoms with E-state index in [-0.39, 0.29) is 16.6 Å². The molecule has 0 spiro atoms. The van der Waals surface area contributed by atoms with E-state index in [1.807, 2.05) is 18.2 Å². The summed E-state index contributed by atoms with van der Waals surface area (Å²) >= 11 is 0. The first-order chi connectivity index (χ1) is 8.86. The summed E-state index contributed by atoms with van der Waals surface area (Å²) in [7, 11) is 0. The van der Waals surface area contributed by atoms with Crippen molar-refractivity contribution in [1.82, 2.24) is 0 Å². The third-order valence-corrected chi connectivity index (χ3v) is 5.56. The van der Waals surface area contributed by atoms with Crippen LogP contribution in [-0.4, -0.2) is 10.9 Å². The number of phenolic OH excluding ortho intramolecular Hbond substituents is 1. The van der Waals surface area contributed by atoms with Crippen LogP contribution in [0.1, 0.15) is 39.2 Å². The molecule has 2 fully saturated rings. The molecule has 2 saturated carbocycles. The molecule has 3 rings (SSSR count). The van der Waals surface area contributed by atoms with Crippen LogP contribution >= 0.6 is 0 Å². The van der Waals surface area contributed by atoms with Crippen molar-refractivity contribution in [3.05, 3.63) is 35.4 Å². The van der Waals surface area contributed by atoms with Crippen molar-refractivity contribution in [3.8, 4) is 5.75 Å². The fourth-order valence-electron chi connectivity index (χ4n) is 3.89. The Hall–Kier alpha value is -1.57. The minimum atomic E-state index is -0.208. The van der Waals surface area contributed by atoms with E-state index in [0.717, 1.165) is 24.0 Å². The third-order valence-electron chi connectivity index (χ3n) is 5.56. The Labute approximate surface area is 114 Å². The van der Waals surface area contributed by atoms with E-state index < -0.39 is 0 Å². The fraction of sp³-hybridized carbons (Fsp3) is 0.471. The van der Waals surface area contributed by atoms with Crippen LogP contribution < -0.4 is 0 Å². The van der Waals surface area contributed by atoms with E-state index >= 15 is 0 Å². The molecule has 2 aliphatic rings. The summed E-state index contributed by atoms with van der Waals surface area (Å²) in [6.07, 6.45) is 4.07. The summed E-state index contributed by atoms with van der Waals surface area (Å²) in [6, 6.07) is 7.10. The van der Waals surface area contributed by atoms with Crippen LogP contribution in [-0.2, 0) is 4.79 Å². The van der Waals surface area contributed by atoms with Gasteiger partial charge in [0.1, 0.15) is 5.75 Å². The Bertz CT molecular complexity index is 583. The van der Waals surface area contributed by atoms with Crippen LogP contribution in [0.2, 0.25) is 0 Å². The zero-order chi connectivity index (χ0) is 13.8. The maximum Gasteiger partial charge on any atom is 0.165 e. The van der Waals surface area contributed by atoms with E-state index in [2.05, 4.69) is 20.8 Å². The third kappa shape index (κ3) is 1.52. The molecule has 1 N–H and O–H groups in total. The zero-order valence-corrected chi connectivity index (χ0v) is 11.7. The number of Topliss-reactive ketones (excluding diaryl/α,β-unsaturated/α-hetero) is 1. The normalized spacial score (nSPS) is 34.2. The van der Waals surface area contributed by atoms with Crippen LogP contribution in [0.25, 0.3) is 6.08 Å². The van der Waals surface area contributed by atoms with Crippen molar-refractivity contribution in [2.45, 2.75) is 33.6 Å². The van der Waals surface area contributed by atoms with Crippen molar-refractivity contribution in [1.29, 1.82) is 0 Å². The number of allylic oxidation sites excluding steroid dienone is 1. The van der Waals surface area contributed by atoms with E-state index in [1.54, 1.807) is 12.1 Å². The van der Waals surface area contributed by atoms with E-state index in [1.165, 1.54) is 0 Å². The smallest absolute Gasteiger partial charge is 0.165 e. The Balaban J connectivity index is 2.06. The lowest BCUT2D eigenvalue weighted by atomic mass is 9.70. The standard InChI is InChI=1S/C17H20O2/c1-16(2)14-7-8-17(16,3)15(19)13(14)10-11-5-4-6-12(18)9-11/h4-6,9-10,14,18H,7-8H2,1-3H3. The van der Waals surface area contributed by atoms with Crippen LogP contribution in [0.4, 0.5) is 0 Å². The predicted octanol–water partition coefficient (Wildman–Crippen LogP) is 3.80. The van der Waals surface area contributed by atoms with E-state index in [9.17, 15) is 9.90 Å². The Kier molecular flexibility index (Phi) is 2.44. The maximum absolute atomic E-state index is 12.7. The van der Waals surface area contributed by atoms with Crippen LogP contribution in [0.3, 0.4) is 0 Å². The van der Waals surface area contributed by atoms with Gasteiger partial charge >= 0.3 is 0 Å². The van der Waals surface area contributed by atoms with Crippen molar-refractivity contribution in [2.75, 3.05) is 0 Å². The van der Waals surface area contributed by atoms with Gasteiger partial charge in [0.2, 0.25) is 0 Å². The van der Waals surface area contributed by atoms with Crippen molar-refractivity contribution in [2.24, 2.45) is 16.7 Å². The van der Waals surface area contributed by atoms with Gasteiger partial charge in [-0.3, -0.25) is 4.79 Å². The molecule has 0 heterocycles. The number of carbonyl (C=O) groups is 1. The summed E-state index contributed by atoms with van der Waals surface area (Å²) < 4.78 is 0. The summed E-state index contributed by atoms with van der Waals surface area (Å²) in [6.45, 7) is 6.54. The van der Waals surface area contributed by atoms with Gasteiger partial charge in [-0.05, 0) is 53.5 Å². The minimum Gasteiger partial charge on any atom is -0.508 e. The van der Waals surface area contributed by atoms with Crippen LogP contribution in [0.5, 0.6) is 5.75 Å². The zero-order valence-electron chi connectivity index (χ0n) is 11.7. The molecule has 0 aliphatic heterocycles.